The van der Waals surface area contributed by atoms with Crippen molar-refractivity contribution in [3.8, 4) is 0 Å². The Labute approximate surface area is 141 Å². The number of carbonyl (C=O) groups is 1. The van der Waals surface area contributed by atoms with E-state index in [1.165, 1.54) is 4.31 Å². The molecule has 24 heavy (non-hydrogen) atoms. The second kappa shape index (κ2) is 6.41. The highest BCUT2D eigenvalue weighted by molar-refractivity contribution is 7.93. The van der Waals surface area contributed by atoms with Crippen LogP contribution in [0, 0.1) is 6.92 Å². The van der Waals surface area contributed by atoms with Crippen molar-refractivity contribution >= 4 is 32.4 Å². The molecule has 0 spiro atoms. The van der Waals surface area contributed by atoms with E-state index in [9.17, 15) is 13.2 Å². The first-order valence-corrected chi connectivity index (χ1v) is 9.39. The molecule has 0 fully saturated rings. The number of nitrogens with one attached hydrogen (secondary N) is 1. The van der Waals surface area contributed by atoms with Crippen molar-refractivity contribution < 1.29 is 18.4 Å². The maximum absolute atomic E-state index is 12.8. The van der Waals surface area contributed by atoms with Crippen LogP contribution in [0.4, 0.5) is 5.69 Å². The molecule has 0 atom stereocenters. The average molecular weight is 348 g/mol. The molecule has 0 aromatic heterocycles. The van der Waals surface area contributed by atoms with Gasteiger partial charge >= 0.3 is 0 Å². The molecule has 3 rings (SSSR count). The fourth-order valence-electron chi connectivity index (χ4n) is 3.19. The summed E-state index contributed by atoms with van der Waals surface area (Å²) in [5.41, 5.74) is 3.39. The lowest BCUT2D eigenvalue weighted by atomic mass is 10.0. The summed E-state index contributed by atoms with van der Waals surface area (Å²) in [5, 5.41) is 10.2. The van der Waals surface area contributed by atoms with Crippen LogP contribution in [0.2, 0.25) is 0 Å². The fraction of sp³-hybridized carbons (Fsp3) is 0.353. The van der Waals surface area contributed by atoms with Crippen molar-refractivity contribution in [2.75, 3.05) is 10.8 Å². The van der Waals surface area contributed by atoms with Gasteiger partial charge in [0.15, 0.2) is 0 Å². The van der Waals surface area contributed by atoms with Gasteiger partial charge in [0.1, 0.15) is 0 Å². The van der Waals surface area contributed by atoms with Crippen molar-refractivity contribution in [1.29, 1.82) is 0 Å². The predicted molar refractivity (Wildman–Crippen MR) is 91.6 cm³/mol. The van der Waals surface area contributed by atoms with Crippen LogP contribution in [0.25, 0.3) is 10.8 Å². The van der Waals surface area contributed by atoms with E-state index in [0.717, 1.165) is 22.0 Å². The highest BCUT2D eigenvalue weighted by Gasteiger charge is 2.35. The molecular weight excluding hydrogens is 328 g/mol. The monoisotopic (exact) mass is 348 g/mol. The van der Waals surface area contributed by atoms with Crippen molar-refractivity contribution in [1.82, 2.24) is 5.48 Å². The SMILES string of the molecule is Cc1ccc2c3c(cccc13)S(=O)(=O)N2CCCCCC(=O)NO. The molecule has 2 aromatic rings. The van der Waals surface area contributed by atoms with E-state index >= 15 is 0 Å². The Bertz CT molecular complexity index is 893. The molecule has 1 aliphatic rings. The summed E-state index contributed by atoms with van der Waals surface area (Å²) < 4.78 is 27.1. The van der Waals surface area contributed by atoms with E-state index < -0.39 is 15.9 Å². The number of anilines is 1. The lowest BCUT2D eigenvalue weighted by Gasteiger charge is -2.18. The second-order valence-corrected chi connectivity index (χ2v) is 7.83. The Hall–Kier alpha value is -2.12. The van der Waals surface area contributed by atoms with Crippen LogP contribution >= 0.6 is 0 Å². The number of sulfonamides is 1. The molecule has 0 bridgehead atoms. The van der Waals surface area contributed by atoms with Crippen LogP contribution in [0.1, 0.15) is 31.2 Å². The minimum absolute atomic E-state index is 0.234. The number of rotatable bonds is 6. The van der Waals surface area contributed by atoms with Crippen LogP contribution < -0.4 is 9.79 Å². The van der Waals surface area contributed by atoms with Gasteiger partial charge in [0.25, 0.3) is 10.0 Å². The van der Waals surface area contributed by atoms with E-state index in [1.54, 1.807) is 17.6 Å². The third kappa shape index (κ3) is 2.74. The molecule has 6 nitrogen and oxygen atoms in total. The van der Waals surface area contributed by atoms with E-state index in [4.69, 9.17) is 5.21 Å². The predicted octanol–water partition coefficient (Wildman–Crippen LogP) is 2.72. The Kier molecular flexibility index (Phi) is 4.47. The minimum atomic E-state index is -3.51. The Morgan fingerprint density at radius 3 is 2.71 bits per heavy atom. The maximum atomic E-state index is 12.8. The van der Waals surface area contributed by atoms with Crippen molar-refractivity contribution in [3.63, 3.8) is 0 Å². The van der Waals surface area contributed by atoms with Gasteiger partial charge in [0, 0.05) is 18.4 Å². The normalized spacial score (nSPS) is 15.0. The van der Waals surface area contributed by atoms with Crippen LogP contribution in [0.5, 0.6) is 0 Å². The van der Waals surface area contributed by atoms with Crippen molar-refractivity contribution in [2.24, 2.45) is 0 Å². The first-order valence-electron chi connectivity index (χ1n) is 7.95. The zero-order chi connectivity index (χ0) is 17.3. The molecule has 0 radical (unpaired) electrons. The fourth-order valence-corrected chi connectivity index (χ4v) is 4.93. The molecular formula is C17H20N2O4S. The van der Waals surface area contributed by atoms with Crippen molar-refractivity contribution in [2.45, 2.75) is 37.5 Å². The van der Waals surface area contributed by atoms with Gasteiger partial charge in [-0.25, -0.2) is 13.9 Å². The largest absolute Gasteiger partial charge is 0.289 e. The molecule has 128 valence electrons. The smallest absolute Gasteiger partial charge is 0.265 e. The van der Waals surface area contributed by atoms with Gasteiger partial charge in [-0.15, -0.1) is 0 Å². The van der Waals surface area contributed by atoms with Gasteiger partial charge in [0.05, 0.1) is 10.6 Å². The topological polar surface area (TPSA) is 86.7 Å². The highest BCUT2D eigenvalue weighted by atomic mass is 32.2. The number of aryl methyl sites for hydroxylation is 1. The highest BCUT2D eigenvalue weighted by Crippen LogP contribution is 2.43. The molecule has 1 amide bonds. The van der Waals surface area contributed by atoms with Gasteiger partial charge in [0.2, 0.25) is 5.91 Å². The molecule has 2 N–H and O–H groups in total. The maximum Gasteiger partial charge on any atom is 0.265 e. The first-order chi connectivity index (χ1) is 11.5. The van der Waals surface area contributed by atoms with Gasteiger partial charge in [-0.3, -0.25) is 14.3 Å². The third-order valence-corrected chi connectivity index (χ3v) is 6.28. The lowest BCUT2D eigenvalue weighted by molar-refractivity contribution is -0.129. The number of hydrogen-bond donors (Lipinski definition) is 2. The number of hydrogen-bond acceptors (Lipinski definition) is 4. The second-order valence-electron chi connectivity index (χ2n) is 6.00. The van der Waals surface area contributed by atoms with Crippen LogP contribution in [0.15, 0.2) is 35.2 Å². The molecule has 1 heterocycles. The summed E-state index contributed by atoms with van der Waals surface area (Å²) in [4.78, 5) is 11.3. The van der Waals surface area contributed by atoms with E-state index in [0.29, 0.717) is 30.7 Å². The van der Waals surface area contributed by atoms with E-state index in [1.807, 2.05) is 25.1 Å². The average Bonchev–Trinajstić information content (AvgIpc) is 2.79. The third-order valence-electron chi connectivity index (χ3n) is 4.42. The molecule has 0 unspecified atom stereocenters. The van der Waals surface area contributed by atoms with Crippen LogP contribution in [-0.2, 0) is 14.8 Å². The molecule has 2 aromatic carbocycles. The van der Waals surface area contributed by atoms with Gasteiger partial charge in [-0.05, 0) is 42.8 Å². The van der Waals surface area contributed by atoms with Gasteiger partial charge in [-0.2, -0.15) is 0 Å². The zero-order valence-electron chi connectivity index (χ0n) is 13.4. The summed E-state index contributed by atoms with van der Waals surface area (Å²) in [6.07, 6.45) is 2.21. The number of unbranched alkanes of at least 4 members (excludes halogenated alkanes) is 2. The number of nitrogens with zero attached hydrogens (tertiary/aromatic N) is 1. The number of benzene rings is 2. The molecule has 0 saturated heterocycles. The zero-order valence-corrected chi connectivity index (χ0v) is 14.3. The van der Waals surface area contributed by atoms with E-state index in [-0.39, 0.29) is 6.42 Å². The molecule has 0 aliphatic carbocycles. The summed E-state index contributed by atoms with van der Waals surface area (Å²) >= 11 is 0. The number of hydroxylamine groups is 1. The van der Waals surface area contributed by atoms with Crippen molar-refractivity contribution in [3.05, 3.63) is 35.9 Å². The van der Waals surface area contributed by atoms with Gasteiger partial charge < -0.3 is 0 Å². The van der Waals surface area contributed by atoms with Crippen LogP contribution in [0.3, 0.4) is 0 Å². The summed E-state index contributed by atoms with van der Waals surface area (Å²) in [7, 11) is -3.51. The molecule has 0 saturated carbocycles. The molecule has 7 heteroatoms. The van der Waals surface area contributed by atoms with E-state index in [2.05, 4.69) is 0 Å². The standard InChI is InChI=1S/C17H20N2O4S/c1-12-9-10-14-17-13(12)6-5-7-15(17)24(22,23)19(14)11-4-2-3-8-16(20)18-21/h5-7,9-10,21H,2-4,8,11H2,1H3,(H,18,20). The number of carbonyl (C=O) groups excluding carboxylic acids is 1. The summed E-state index contributed by atoms with van der Waals surface area (Å²) in [6.45, 7) is 2.36. The quantitative estimate of drug-likeness (QED) is 0.477. The van der Waals surface area contributed by atoms with Crippen LogP contribution in [-0.4, -0.2) is 26.1 Å². The summed E-state index contributed by atoms with van der Waals surface area (Å²) in [6, 6.07) is 9.20. The Balaban J connectivity index is 1.79. The Morgan fingerprint density at radius 1 is 1.17 bits per heavy atom. The summed E-state index contributed by atoms with van der Waals surface area (Å²) in [5.74, 6) is -0.420. The molecule has 1 aliphatic heterocycles. The minimum Gasteiger partial charge on any atom is -0.289 e. The lowest BCUT2D eigenvalue weighted by Crippen LogP contribution is -2.28. The first kappa shape index (κ1) is 16.7. The Morgan fingerprint density at radius 2 is 1.96 bits per heavy atom. The van der Waals surface area contributed by atoms with Gasteiger partial charge in [-0.1, -0.05) is 24.6 Å². The number of amides is 1.